The molecule has 0 bridgehead atoms. The van der Waals surface area contributed by atoms with Crippen LogP contribution in [0.3, 0.4) is 0 Å². The molecule has 0 saturated carbocycles. The van der Waals surface area contributed by atoms with Crippen molar-refractivity contribution in [2.24, 2.45) is 4.99 Å². The van der Waals surface area contributed by atoms with Gasteiger partial charge in [-0.2, -0.15) is 0 Å². The Bertz CT molecular complexity index is 709. The maximum Gasteiger partial charge on any atom is 0.328 e. The Kier molecular flexibility index (Phi) is 5.19. The van der Waals surface area contributed by atoms with Gasteiger partial charge in [-0.3, -0.25) is 4.99 Å². The van der Waals surface area contributed by atoms with Gasteiger partial charge in [0.05, 0.1) is 0 Å². The first-order valence-electron chi connectivity index (χ1n) is 6.99. The summed E-state index contributed by atoms with van der Waals surface area (Å²) in [4.78, 5) is 15.3. The van der Waals surface area contributed by atoms with Crippen LogP contribution in [0.1, 0.15) is 11.1 Å². The summed E-state index contributed by atoms with van der Waals surface area (Å²) >= 11 is 0. The minimum Gasteiger partial charge on any atom is -0.508 e. The number of hydrogen-bond acceptors (Lipinski definition) is 5. The summed E-state index contributed by atoms with van der Waals surface area (Å²) in [5.41, 5.74) is 1.20. The Morgan fingerprint density at radius 2 is 1.70 bits per heavy atom. The van der Waals surface area contributed by atoms with Gasteiger partial charge in [-0.25, -0.2) is 4.79 Å². The predicted molar refractivity (Wildman–Crippen MR) is 85.2 cm³/mol. The summed E-state index contributed by atoms with van der Waals surface area (Å²) in [6, 6.07) is 9.43. The molecule has 0 aliphatic carbocycles. The minimum atomic E-state index is -1.06. The summed E-state index contributed by atoms with van der Waals surface area (Å²) in [6.45, 7) is 0. The highest BCUT2D eigenvalue weighted by molar-refractivity contribution is 5.77. The Hall–Kier alpha value is -3.02. The smallest absolute Gasteiger partial charge is 0.328 e. The average molecular weight is 315 g/mol. The third kappa shape index (κ3) is 4.74. The molecule has 0 aliphatic heterocycles. The van der Waals surface area contributed by atoms with Gasteiger partial charge in [0.25, 0.3) is 0 Å². The van der Waals surface area contributed by atoms with Crippen molar-refractivity contribution in [1.29, 1.82) is 0 Å². The number of aliphatic carboxylic acids is 1. The third-order valence-electron chi connectivity index (χ3n) is 3.31. The lowest BCUT2D eigenvalue weighted by Gasteiger charge is -2.08. The standard InChI is InChI=1S/C17H17NO5/c19-13-3-1-11(2-4-13)9-15(17(22)23)18-8-7-12-10-14(20)5-6-16(12)21/h1-6,8,10,15,19-21H,7,9H2,(H,22,23)/t15-/m0/s1. The molecule has 0 aromatic heterocycles. The number of nitrogens with zero attached hydrogens (tertiary/aromatic N) is 1. The normalized spacial score (nSPS) is 12.3. The molecule has 6 nitrogen and oxygen atoms in total. The van der Waals surface area contributed by atoms with Crippen LogP contribution in [0.2, 0.25) is 0 Å². The van der Waals surface area contributed by atoms with Crippen molar-refractivity contribution in [3.05, 3.63) is 53.6 Å². The van der Waals surface area contributed by atoms with Crippen LogP contribution in [0.5, 0.6) is 17.2 Å². The number of rotatable bonds is 6. The second-order valence-electron chi connectivity index (χ2n) is 5.07. The summed E-state index contributed by atoms with van der Waals surface area (Å²) < 4.78 is 0. The van der Waals surface area contributed by atoms with E-state index in [1.807, 2.05) is 0 Å². The molecule has 0 saturated heterocycles. The fraction of sp³-hybridized carbons (Fsp3) is 0.176. The van der Waals surface area contributed by atoms with Crippen molar-refractivity contribution < 1.29 is 25.2 Å². The molecular weight excluding hydrogens is 298 g/mol. The van der Waals surface area contributed by atoms with Gasteiger partial charge in [0.1, 0.15) is 17.2 Å². The molecule has 0 amide bonds. The molecule has 4 N–H and O–H groups in total. The van der Waals surface area contributed by atoms with E-state index in [0.717, 1.165) is 5.56 Å². The SMILES string of the molecule is O=C(O)[C@H](Cc1ccc(O)cc1)N=CCc1cc(O)ccc1O. The van der Waals surface area contributed by atoms with Crippen LogP contribution in [0.4, 0.5) is 0 Å². The summed E-state index contributed by atoms with van der Waals surface area (Å²) in [5.74, 6) is -0.914. The number of hydrogen-bond donors (Lipinski definition) is 4. The van der Waals surface area contributed by atoms with Crippen LogP contribution >= 0.6 is 0 Å². The van der Waals surface area contributed by atoms with Gasteiger partial charge in [0, 0.05) is 24.6 Å². The minimum absolute atomic E-state index is 0.0136. The molecule has 0 aliphatic rings. The molecule has 0 spiro atoms. The Labute approximate surface area is 133 Å². The molecule has 1 atom stereocenters. The molecule has 0 heterocycles. The zero-order valence-electron chi connectivity index (χ0n) is 12.3. The van der Waals surface area contributed by atoms with Crippen LogP contribution in [0, 0.1) is 0 Å². The van der Waals surface area contributed by atoms with Crippen molar-refractivity contribution in [3.8, 4) is 17.2 Å². The summed E-state index contributed by atoms with van der Waals surface area (Å²) in [7, 11) is 0. The van der Waals surface area contributed by atoms with Crippen LogP contribution in [0.15, 0.2) is 47.5 Å². The quantitative estimate of drug-likeness (QED) is 0.482. The lowest BCUT2D eigenvalue weighted by Crippen LogP contribution is -2.21. The molecule has 0 unspecified atom stereocenters. The number of carbonyl (C=O) groups is 1. The number of aromatic hydroxyl groups is 3. The van der Waals surface area contributed by atoms with Crippen LogP contribution < -0.4 is 0 Å². The number of carboxylic acid groups (broad SMARTS) is 1. The molecule has 2 aromatic carbocycles. The van der Waals surface area contributed by atoms with E-state index in [1.54, 1.807) is 12.1 Å². The van der Waals surface area contributed by atoms with E-state index >= 15 is 0 Å². The van der Waals surface area contributed by atoms with Gasteiger partial charge in [-0.1, -0.05) is 12.1 Å². The van der Waals surface area contributed by atoms with E-state index in [9.17, 15) is 25.2 Å². The van der Waals surface area contributed by atoms with Crippen LogP contribution in [0.25, 0.3) is 0 Å². The monoisotopic (exact) mass is 315 g/mol. The number of benzene rings is 2. The zero-order chi connectivity index (χ0) is 16.8. The Morgan fingerprint density at radius 1 is 1.04 bits per heavy atom. The Balaban J connectivity index is 2.05. The van der Waals surface area contributed by atoms with Gasteiger partial charge in [0.2, 0.25) is 0 Å². The largest absolute Gasteiger partial charge is 0.508 e. The average Bonchev–Trinajstić information content (AvgIpc) is 2.51. The summed E-state index contributed by atoms with van der Waals surface area (Å²) in [5, 5.41) is 37.5. The highest BCUT2D eigenvalue weighted by Gasteiger charge is 2.16. The fourth-order valence-corrected chi connectivity index (χ4v) is 2.07. The molecular formula is C17H17NO5. The molecule has 0 fully saturated rings. The zero-order valence-corrected chi connectivity index (χ0v) is 12.3. The highest BCUT2D eigenvalue weighted by atomic mass is 16.4. The van der Waals surface area contributed by atoms with E-state index < -0.39 is 12.0 Å². The van der Waals surface area contributed by atoms with Crippen LogP contribution in [-0.4, -0.2) is 38.7 Å². The second kappa shape index (κ2) is 7.31. The van der Waals surface area contributed by atoms with E-state index in [4.69, 9.17) is 0 Å². The number of phenols is 3. The first kappa shape index (κ1) is 16.4. The van der Waals surface area contributed by atoms with Crippen molar-refractivity contribution in [2.75, 3.05) is 0 Å². The van der Waals surface area contributed by atoms with Gasteiger partial charge in [-0.15, -0.1) is 0 Å². The molecule has 120 valence electrons. The third-order valence-corrected chi connectivity index (χ3v) is 3.31. The summed E-state index contributed by atoms with van der Waals surface area (Å²) in [6.07, 6.45) is 1.81. The molecule has 6 heteroatoms. The molecule has 2 rings (SSSR count). The maximum atomic E-state index is 11.3. The maximum absolute atomic E-state index is 11.3. The van der Waals surface area contributed by atoms with Crippen molar-refractivity contribution >= 4 is 12.2 Å². The highest BCUT2D eigenvalue weighted by Crippen LogP contribution is 2.22. The number of carboxylic acids is 1. The van der Waals surface area contributed by atoms with Gasteiger partial charge < -0.3 is 20.4 Å². The van der Waals surface area contributed by atoms with Gasteiger partial charge >= 0.3 is 5.97 Å². The topological polar surface area (TPSA) is 110 Å². The van der Waals surface area contributed by atoms with E-state index in [1.165, 1.54) is 36.5 Å². The van der Waals surface area contributed by atoms with E-state index in [0.29, 0.717) is 5.56 Å². The lowest BCUT2D eigenvalue weighted by atomic mass is 10.1. The molecule has 0 radical (unpaired) electrons. The van der Waals surface area contributed by atoms with E-state index in [2.05, 4.69) is 4.99 Å². The lowest BCUT2D eigenvalue weighted by molar-refractivity contribution is -0.138. The van der Waals surface area contributed by atoms with Crippen molar-refractivity contribution in [2.45, 2.75) is 18.9 Å². The van der Waals surface area contributed by atoms with Gasteiger partial charge in [-0.05, 0) is 35.9 Å². The Morgan fingerprint density at radius 3 is 2.35 bits per heavy atom. The van der Waals surface area contributed by atoms with Crippen LogP contribution in [-0.2, 0) is 17.6 Å². The van der Waals surface area contributed by atoms with Crippen molar-refractivity contribution in [3.63, 3.8) is 0 Å². The molecule has 2 aromatic rings. The molecule has 23 heavy (non-hydrogen) atoms. The first-order valence-corrected chi connectivity index (χ1v) is 6.99. The van der Waals surface area contributed by atoms with E-state index in [-0.39, 0.29) is 30.1 Å². The fourth-order valence-electron chi connectivity index (χ4n) is 2.07. The van der Waals surface area contributed by atoms with Crippen molar-refractivity contribution in [1.82, 2.24) is 0 Å². The van der Waals surface area contributed by atoms with Gasteiger partial charge in [0.15, 0.2) is 6.04 Å². The number of phenolic OH excluding ortho intramolecular Hbond substituents is 3. The predicted octanol–water partition coefficient (Wildman–Crippen LogP) is 2.11. The number of aliphatic imine (C=N–C) groups is 1. The second-order valence-corrected chi connectivity index (χ2v) is 5.07. The first-order chi connectivity index (χ1) is 11.0.